The van der Waals surface area contributed by atoms with Gasteiger partial charge in [-0.2, -0.15) is 0 Å². The van der Waals surface area contributed by atoms with Crippen LogP contribution < -0.4 is 5.32 Å². The Morgan fingerprint density at radius 1 is 1.05 bits per heavy atom. The van der Waals surface area contributed by atoms with Gasteiger partial charge < -0.3 is 5.32 Å². The van der Waals surface area contributed by atoms with Crippen LogP contribution in [0.5, 0.6) is 0 Å². The van der Waals surface area contributed by atoms with Crippen molar-refractivity contribution < 1.29 is 4.79 Å². The van der Waals surface area contributed by atoms with Crippen LogP contribution in [0.3, 0.4) is 0 Å². The second kappa shape index (κ2) is 7.47. The second-order valence-electron chi connectivity index (χ2n) is 6.54. The lowest BCUT2D eigenvalue weighted by Gasteiger charge is -2.30. The van der Waals surface area contributed by atoms with Crippen molar-refractivity contribution in [2.24, 2.45) is 0 Å². The highest BCUT2D eigenvalue weighted by atomic mass is 35.5. The van der Waals surface area contributed by atoms with E-state index in [1.165, 1.54) is 32.1 Å². The van der Waals surface area contributed by atoms with Crippen molar-refractivity contribution >= 4 is 17.5 Å². The number of halogens is 1. The molecule has 0 aromatic heterocycles. The van der Waals surface area contributed by atoms with Gasteiger partial charge in [-0.25, -0.2) is 0 Å². The van der Waals surface area contributed by atoms with E-state index in [9.17, 15) is 4.79 Å². The van der Waals surface area contributed by atoms with E-state index in [4.69, 9.17) is 11.6 Å². The Kier molecular flexibility index (Phi) is 5.37. The molecule has 1 aliphatic carbocycles. The van der Waals surface area contributed by atoms with Crippen LogP contribution in [0.1, 0.15) is 56.6 Å². The van der Waals surface area contributed by atoms with E-state index in [2.05, 4.69) is 10.2 Å². The number of likely N-dealkylation sites (tertiary alicyclic amines) is 1. The summed E-state index contributed by atoms with van der Waals surface area (Å²) in [7, 11) is 0. The van der Waals surface area contributed by atoms with Gasteiger partial charge in [0, 0.05) is 11.1 Å². The number of carbonyl (C=O) groups is 1. The molecule has 0 bridgehead atoms. The van der Waals surface area contributed by atoms with Gasteiger partial charge in [0.25, 0.3) is 0 Å². The summed E-state index contributed by atoms with van der Waals surface area (Å²) in [4.78, 5) is 15.2. The second-order valence-corrected chi connectivity index (χ2v) is 6.98. The number of carbonyl (C=O) groups excluding carboxylic acids is 1. The van der Waals surface area contributed by atoms with Crippen LogP contribution >= 0.6 is 11.6 Å². The summed E-state index contributed by atoms with van der Waals surface area (Å²) in [6, 6.07) is 7.94. The summed E-state index contributed by atoms with van der Waals surface area (Å²) >= 11 is 6.00. The van der Waals surface area contributed by atoms with Gasteiger partial charge >= 0.3 is 0 Å². The fourth-order valence-corrected chi connectivity index (χ4v) is 3.83. The summed E-state index contributed by atoms with van der Waals surface area (Å²) in [5.41, 5.74) is 1.06. The van der Waals surface area contributed by atoms with Gasteiger partial charge in [0.2, 0.25) is 5.91 Å². The standard InChI is InChI=1S/C18H25ClN2O/c19-15-10-8-14(9-11-15)17(21-12-4-5-13-21)18(22)20-16-6-2-1-3-7-16/h8-11,16-17H,1-7,12-13H2,(H,20,22). The molecule has 1 amide bonds. The molecule has 3 rings (SSSR count). The van der Waals surface area contributed by atoms with Crippen LogP contribution in [-0.2, 0) is 4.79 Å². The Morgan fingerprint density at radius 3 is 2.32 bits per heavy atom. The Bertz CT molecular complexity index is 490. The zero-order valence-corrected chi connectivity index (χ0v) is 13.8. The van der Waals surface area contributed by atoms with Crippen LogP contribution in [0, 0.1) is 0 Å². The Hall–Kier alpha value is -1.06. The van der Waals surface area contributed by atoms with Crippen molar-refractivity contribution in [2.75, 3.05) is 13.1 Å². The maximum Gasteiger partial charge on any atom is 0.242 e. The van der Waals surface area contributed by atoms with Gasteiger partial charge in [0.1, 0.15) is 6.04 Å². The highest BCUT2D eigenvalue weighted by Gasteiger charge is 2.31. The molecule has 1 N–H and O–H groups in total. The molecule has 1 aromatic rings. The van der Waals surface area contributed by atoms with Gasteiger partial charge in [-0.3, -0.25) is 9.69 Å². The van der Waals surface area contributed by atoms with E-state index in [1.54, 1.807) is 0 Å². The lowest BCUT2D eigenvalue weighted by Crippen LogP contribution is -2.44. The summed E-state index contributed by atoms with van der Waals surface area (Å²) in [5, 5.41) is 4.01. The maximum absolute atomic E-state index is 12.9. The maximum atomic E-state index is 12.9. The fourth-order valence-electron chi connectivity index (χ4n) is 3.70. The minimum atomic E-state index is -0.165. The first-order valence-corrected chi connectivity index (χ1v) is 8.92. The lowest BCUT2D eigenvalue weighted by molar-refractivity contribution is -0.127. The molecule has 0 radical (unpaired) electrons. The van der Waals surface area contributed by atoms with Crippen molar-refractivity contribution in [3.8, 4) is 0 Å². The first kappa shape index (κ1) is 15.8. The zero-order valence-electron chi connectivity index (χ0n) is 13.1. The molecule has 0 spiro atoms. The average Bonchev–Trinajstić information content (AvgIpc) is 3.04. The first-order chi connectivity index (χ1) is 10.7. The molecule has 120 valence electrons. The van der Waals surface area contributed by atoms with Gasteiger partial charge in [-0.1, -0.05) is 43.0 Å². The minimum absolute atomic E-state index is 0.163. The number of rotatable bonds is 4. The topological polar surface area (TPSA) is 32.3 Å². The summed E-state index contributed by atoms with van der Waals surface area (Å²) in [6.45, 7) is 2.01. The number of nitrogens with zero attached hydrogens (tertiary/aromatic N) is 1. The number of hydrogen-bond acceptors (Lipinski definition) is 2. The molecule has 2 fully saturated rings. The Labute approximate surface area is 138 Å². The number of hydrogen-bond donors (Lipinski definition) is 1. The van der Waals surface area contributed by atoms with Crippen LogP contribution in [0.4, 0.5) is 0 Å². The van der Waals surface area contributed by atoms with Crippen LogP contribution in [0.2, 0.25) is 5.02 Å². The molecule has 1 aromatic carbocycles. The quantitative estimate of drug-likeness (QED) is 0.911. The fraction of sp³-hybridized carbons (Fsp3) is 0.611. The van der Waals surface area contributed by atoms with E-state index in [0.717, 1.165) is 36.5 Å². The van der Waals surface area contributed by atoms with E-state index in [1.807, 2.05) is 24.3 Å². The van der Waals surface area contributed by atoms with Crippen molar-refractivity contribution in [3.05, 3.63) is 34.9 Å². The highest BCUT2D eigenvalue weighted by molar-refractivity contribution is 6.30. The largest absolute Gasteiger partial charge is 0.352 e. The molecular weight excluding hydrogens is 296 g/mol. The number of benzene rings is 1. The zero-order chi connectivity index (χ0) is 15.4. The molecule has 3 nitrogen and oxygen atoms in total. The first-order valence-electron chi connectivity index (χ1n) is 8.54. The average molecular weight is 321 g/mol. The summed E-state index contributed by atoms with van der Waals surface area (Å²) in [6.07, 6.45) is 8.39. The summed E-state index contributed by atoms with van der Waals surface area (Å²) in [5.74, 6) is 0.163. The number of amides is 1. The van der Waals surface area contributed by atoms with Crippen molar-refractivity contribution in [3.63, 3.8) is 0 Å². The van der Waals surface area contributed by atoms with E-state index >= 15 is 0 Å². The van der Waals surface area contributed by atoms with Crippen LogP contribution in [-0.4, -0.2) is 29.9 Å². The molecule has 1 saturated carbocycles. The highest BCUT2D eigenvalue weighted by Crippen LogP contribution is 2.27. The molecular formula is C18H25ClN2O. The third kappa shape index (κ3) is 3.82. The predicted octanol–water partition coefficient (Wildman–Crippen LogP) is 3.93. The molecule has 4 heteroatoms. The summed E-state index contributed by atoms with van der Waals surface area (Å²) < 4.78 is 0. The van der Waals surface area contributed by atoms with Gasteiger partial charge in [-0.15, -0.1) is 0 Å². The normalized spacial score (nSPS) is 21.7. The Morgan fingerprint density at radius 2 is 1.68 bits per heavy atom. The van der Waals surface area contributed by atoms with Crippen molar-refractivity contribution in [1.82, 2.24) is 10.2 Å². The van der Waals surface area contributed by atoms with Crippen molar-refractivity contribution in [2.45, 2.75) is 57.0 Å². The van der Waals surface area contributed by atoms with Crippen LogP contribution in [0.25, 0.3) is 0 Å². The molecule has 1 heterocycles. The van der Waals surface area contributed by atoms with E-state index < -0.39 is 0 Å². The van der Waals surface area contributed by atoms with E-state index in [-0.39, 0.29) is 11.9 Å². The predicted molar refractivity (Wildman–Crippen MR) is 90.0 cm³/mol. The SMILES string of the molecule is O=C(NC1CCCCC1)C(c1ccc(Cl)cc1)N1CCCC1. The molecule has 2 aliphatic rings. The monoisotopic (exact) mass is 320 g/mol. The van der Waals surface area contributed by atoms with Gasteiger partial charge in [0.05, 0.1) is 0 Å². The van der Waals surface area contributed by atoms with Crippen LogP contribution in [0.15, 0.2) is 24.3 Å². The van der Waals surface area contributed by atoms with Crippen molar-refractivity contribution in [1.29, 1.82) is 0 Å². The minimum Gasteiger partial charge on any atom is -0.352 e. The molecule has 1 unspecified atom stereocenters. The number of nitrogens with one attached hydrogen (secondary N) is 1. The molecule has 1 atom stereocenters. The molecule has 1 saturated heterocycles. The molecule has 1 aliphatic heterocycles. The third-order valence-corrected chi connectivity index (χ3v) is 5.14. The van der Waals surface area contributed by atoms with Gasteiger partial charge in [0.15, 0.2) is 0 Å². The third-order valence-electron chi connectivity index (χ3n) is 4.89. The molecule has 22 heavy (non-hydrogen) atoms. The van der Waals surface area contributed by atoms with E-state index in [0.29, 0.717) is 6.04 Å². The van der Waals surface area contributed by atoms with Gasteiger partial charge in [-0.05, 0) is 56.5 Å². The smallest absolute Gasteiger partial charge is 0.242 e. The lowest BCUT2D eigenvalue weighted by atomic mass is 9.94. The Balaban J connectivity index is 1.74.